The van der Waals surface area contributed by atoms with E-state index in [-0.39, 0.29) is 54.6 Å². The monoisotopic (exact) mass is 340 g/mol. The standard InChI is InChI=1S/C17H28N2O5/c1-11(15(22)8-16(23)18(3)4)5-13-7-14(21)10-19(9-13)17(24)6-12(2)20/h11,13-14,21H,5-10H2,1-4H3. The highest BCUT2D eigenvalue weighted by molar-refractivity contribution is 5.99. The number of likely N-dealkylation sites (tertiary alicyclic amines) is 1. The zero-order chi connectivity index (χ0) is 18.4. The number of carbonyl (C=O) groups excluding carboxylic acids is 4. The van der Waals surface area contributed by atoms with Gasteiger partial charge in [0.05, 0.1) is 18.9 Å². The topological polar surface area (TPSA) is 95.0 Å². The maximum absolute atomic E-state index is 12.1. The van der Waals surface area contributed by atoms with Gasteiger partial charge in [0.15, 0.2) is 0 Å². The van der Waals surface area contributed by atoms with Gasteiger partial charge in [-0.25, -0.2) is 0 Å². The van der Waals surface area contributed by atoms with Crippen LogP contribution in [0.15, 0.2) is 0 Å². The molecule has 1 aliphatic heterocycles. The summed E-state index contributed by atoms with van der Waals surface area (Å²) in [5.41, 5.74) is 0. The maximum atomic E-state index is 12.1. The van der Waals surface area contributed by atoms with Crippen LogP contribution in [0.25, 0.3) is 0 Å². The van der Waals surface area contributed by atoms with Crippen molar-refractivity contribution < 1.29 is 24.3 Å². The van der Waals surface area contributed by atoms with Crippen molar-refractivity contribution >= 4 is 23.4 Å². The van der Waals surface area contributed by atoms with Gasteiger partial charge >= 0.3 is 0 Å². The highest BCUT2D eigenvalue weighted by Gasteiger charge is 2.31. The second-order valence-corrected chi connectivity index (χ2v) is 7.00. The Bertz CT molecular complexity index is 503. The van der Waals surface area contributed by atoms with Gasteiger partial charge in [0.1, 0.15) is 11.6 Å². The van der Waals surface area contributed by atoms with Gasteiger partial charge in [-0.1, -0.05) is 6.92 Å². The molecule has 1 rings (SSSR count). The fourth-order valence-electron chi connectivity index (χ4n) is 2.99. The smallest absolute Gasteiger partial charge is 0.230 e. The number of nitrogens with zero attached hydrogens (tertiary/aromatic N) is 2. The van der Waals surface area contributed by atoms with E-state index >= 15 is 0 Å². The molecule has 1 saturated heterocycles. The van der Waals surface area contributed by atoms with Gasteiger partial charge in [-0.05, 0) is 25.7 Å². The van der Waals surface area contributed by atoms with Gasteiger partial charge in [-0.2, -0.15) is 0 Å². The summed E-state index contributed by atoms with van der Waals surface area (Å²) in [5, 5.41) is 9.98. The van der Waals surface area contributed by atoms with Crippen LogP contribution in [-0.2, 0) is 19.2 Å². The molecule has 3 unspecified atom stereocenters. The van der Waals surface area contributed by atoms with E-state index in [4.69, 9.17) is 0 Å². The third kappa shape index (κ3) is 6.39. The number of carbonyl (C=O) groups is 4. The Hall–Kier alpha value is -1.76. The molecule has 3 atom stereocenters. The number of aliphatic hydroxyl groups excluding tert-OH is 1. The largest absolute Gasteiger partial charge is 0.391 e. The van der Waals surface area contributed by atoms with Crippen LogP contribution in [0, 0.1) is 11.8 Å². The summed E-state index contributed by atoms with van der Waals surface area (Å²) in [4.78, 5) is 49.8. The van der Waals surface area contributed by atoms with Gasteiger partial charge in [0, 0.05) is 33.1 Å². The highest BCUT2D eigenvalue weighted by Crippen LogP contribution is 2.25. The lowest BCUT2D eigenvalue weighted by atomic mass is 9.85. The predicted octanol–water partition coefficient (Wildman–Crippen LogP) is 0.249. The van der Waals surface area contributed by atoms with Crippen LogP contribution in [0.2, 0.25) is 0 Å². The van der Waals surface area contributed by atoms with Crippen LogP contribution in [0.4, 0.5) is 0 Å². The van der Waals surface area contributed by atoms with Gasteiger partial charge in [-0.15, -0.1) is 0 Å². The normalized spacial score (nSPS) is 22.0. The average molecular weight is 340 g/mol. The Morgan fingerprint density at radius 1 is 1.17 bits per heavy atom. The van der Waals surface area contributed by atoms with Gasteiger partial charge in [-0.3, -0.25) is 19.2 Å². The van der Waals surface area contributed by atoms with E-state index in [1.54, 1.807) is 21.0 Å². The molecule has 7 heteroatoms. The first-order valence-electron chi connectivity index (χ1n) is 8.28. The summed E-state index contributed by atoms with van der Waals surface area (Å²) in [6, 6.07) is 0. The molecule has 7 nitrogen and oxygen atoms in total. The second kappa shape index (κ2) is 8.92. The molecule has 0 spiro atoms. The number of ketones is 2. The minimum absolute atomic E-state index is 0.0157. The predicted molar refractivity (Wildman–Crippen MR) is 88.1 cm³/mol. The number of piperidine rings is 1. The number of Topliss-reactive ketones (excluding diaryl/α,β-unsaturated/α-hetero) is 2. The minimum Gasteiger partial charge on any atom is -0.391 e. The van der Waals surface area contributed by atoms with Crippen molar-refractivity contribution in [3.8, 4) is 0 Å². The summed E-state index contributed by atoms with van der Waals surface area (Å²) >= 11 is 0. The highest BCUT2D eigenvalue weighted by atomic mass is 16.3. The summed E-state index contributed by atoms with van der Waals surface area (Å²) in [5.74, 6) is -1.17. The first-order chi connectivity index (χ1) is 11.1. The zero-order valence-electron chi connectivity index (χ0n) is 14.9. The molecule has 1 N–H and O–H groups in total. The minimum atomic E-state index is -0.648. The Labute approximate surface area is 143 Å². The Morgan fingerprint density at radius 2 is 1.79 bits per heavy atom. The SMILES string of the molecule is CC(=O)CC(=O)N1CC(O)CC(CC(C)C(=O)CC(=O)N(C)C)C1. The van der Waals surface area contributed by atoms with Crippen LogP contribution < -0.4 is 0 Å². The molecule has 136 valence electrons. The van der Waals surface area contributed by atoms with Crippen molar-refractivity contribution in [1.29, 1.82) is 0 Å². The summed E-state index contributed by atoms with van der Waals surface area (Å²) in [6.45, 7) is 3.79. The molecule has 0 aliphatic carbocycles. The summed E-state index contributed by atoms with van der Waals surface area (Å²) < 4.78 is 0. The molecule has 0 saturated carbocycles. The maximum Gasteiger partial charge on any atom is 0.230 e. The molecule has 24 heavy (non-hydrogen) atoms. The fraction of sp³-hybridized carbons (Fsp3) is 0.765. The van der Waals surface area contributed by atoms with Crippen LogP contribution >= 0.6 is 0 Å². The van der Waals surface area contributed by atoms with Crippen molar-refractivity contribution in [2.45, 2.75) is 45.6 Å². The van der Waals surface area contributed by atoms with Crippen LogP contribution in [-0.4, -0.2) is 71.6 Å². The number of hydrogen-bond donors (Lipinski definition) is 1. The molecule has 1 aliphatic rings. The van der Waals surface area contributed by atoms with E-state index in [2.05, 4.69) is 0 Å². The first-order valence-corrected chi connectivity index (χ1v) is 8.28. The van der Waals surface area contributed by atoms with Crippen LogP contribution in [0.1, 0.15) is 39.5 Å². The number of amides is 2. The van der Waals surface area contributed by atoms with Crippen molar-refractivity contribution in [1.82, 2.24) is 9.80 Å². The van der Waals surface area contributed by atoms with E-state index in [1.807, 2.05) is 0 Å². The van der Waals surface area contributed by atoms with E-state index in [9.17, 15) is 24.3 Å². The van der Waals surface area contributed by atoms with Crippen LogP contribution in [0.5, 0.6) is 0 Å². The first kappa shape index (κ1) is 20.3. The van der Waals surface area contributed by atoms with Crippen molar-refractivity contribution in [2.75, 3.05) is 27.2 Å². The third-order valence-corrected chi connectivity index (χ3v) is 4.33. The molecule has 2 amide bonds. The molecule has 0 radical (unpaired) electrons. The Morgan fingerprint density at radius 3 is 2.33 bits per heavy atom. The van der Waals surface area contributed by atoms with E-state index in [0.717, 1.165) is 0 Å². The molecule has 0 aromatic carbocycles. The lowest BCUT2D eigenvalue weighted by Crippen LogP contribution is -2.47. The Kier molecular flexibility index (Phi) is 7.54. The molecule has 1 fully saturated rings. The molecular formula is C17H28N2O5. The van der Waals surface area contributed by atoms with Crippen molar-refractivity contribution in [3.63, 3.8) is 0 Å². The molecule has 1 heterocycles. The number of rotatable bonds is 7. The lowest BCUT2D eigenvalue weighted by Gasteiger charge is -2.36. The average Bonchev–Trinajstić information content (AvgIpc) is 2.45. The van der Waals surface area contributed by atoms with Gasteiger partial charge in [0.25, 0.3) is 0 Å². The molecule has 0 bridgehead atoms. The number of hydrogen-bond acceptors (Lipinski definition) is 5. The fourth-order valence-corrected chi connectivity index (χ4v) is 2.99. The van der Waals surface area contributed by atoms with E-state index in [0.29, 0.717) is 19.4 Å². The molecule has 0 aromatic rings. The quantitative estimate of drug-likeness (QED) is 0.670. The van der Waals surface area contributed by atoms with Gasteiger partial charge < -0.3 is 14.9 Å². The lowest BCUT2D eigenvalue weighted by molar-refractivity contribution is -0.138. The molecular weight excluding hydrogens is 312 g/mol. The number of β-amino-alcohol motifs (C(OH)–C–C–N with tert-alkyl or cyclic N) is 1. The van der Waals surface area contributed by atoms with Crippen molar-refractivity contribution in [3.05, 3.63) is 0 Å². The molecule has 0 aromatic heterocycles. The summed E-state index contributed by atoms with van der Waals surface area (Å²) in [7, 11) is 3.21. The van der Waals surface area contributed by atoms with Crippen LogP contribution in [0.3, 0.4) is 0 Å². The third-order valence-electron chi connectivity index (χ3n) is 4.33. The number of aliphatic hydroxyl groups is 1. The summed E-state index contributed by atoms with van der Waals surface area (Å²) in [6.07, 6.45) is 0.0935. The van der Waals surface area contributed by atoms with Crippen molar-refractivity contribution in [2.24, 2.45) is 11.8 Å². The zero-order valence-corrected chi connectivity index (χ0v) is 14.9. The van der Waals surface area contributed by atoms with E-state index < -0.39 is 6.10 Å². The van der Waals surface area contributed by atoms with Gasteiger partial charge in [0.2, 0.25) is 11.8 Å². The van der Waals surface area contributed by atoms with E-state index in [1.165, 1.54) is 16.7 Å². The second-order valence-electron chi connectivity index (χ2n) is 7.00. The Balaban J connectivity index is 2.59.